The maximum Gasteiger partial charge on any atom is 0.364 e. The van der Waals surface area contributed by atoms with Crippen LogP contribution in [-0.2, 0) is 4.84 Å². The lowest BCUT2D eigenvalue weighted by Gasteiger charge is -2.07. The second-order valence-electron chi connectivity index (χ2n) is 5.50. The van der Waals surface area contributed by atoms with Gasteiger partial charge in [-0.2, -0.15) is 0 Å². The molecule has 0 fully saturated rings. The quantitative estimate of drug-likeness (QED) is 0.260. The zero-order chi connectivity index (χ0) is 19.9. The molecule has 0 radical (unpaired) electrons. The molecule has 3 aromatic rings. The average Bonchev–Trinajstić information content (AvgIpc) is 2.71. The van der Waals surface area contributed by atoms with Gasteiger partial charge >= 0.3 is 5.97 Å². The lowest BCUT2D eigenvalue weighted by molar-refractivity contribution is 0.0596. The summed E-state index contributed by atoms with van der Waals surface area (Å²) < 4.78 is 0.809. The van der Waals surface area contributed by atoms with Crippen LogP contribution in [0.5, 0.6) is 0 Å². The topological polar surface area (TPSA) is 80.1 Å². The Labute approximate surface area is 179 Å². The van der Waals surface area contributed by atoms with Crippen LogP contribution in [-0.4, -0.2) is 11.9 Å². The highest BCUT2D eigenvalue weighted by Gasteiger charge is 2.11. The molecule has 8 heteroatoms. The van der Waals surface area contributed by atoms with Gasteiger partial charge in [0.05, 0.1) is 27.5 Å². The minimum absolute atomic E-state index is 0.260. The number of anilines is 1. The number of benzene rings is 3. The highest BCUT2D eigenvalue weighted by atomic mass is 127. The second kappa shape index (κ2) is 9.43. The molecule has 3 rings (SSSR count). The van der Waals surface area contributed by atoms with Crippen LogP contribution in [0, 0.1) is 3.57 Å². The lowest BCUT2D eigenvalue weighted by Crippen LogP contribution is -2.11. The van der Waals surface area contributed by atoms with Gasteiger partial charge in [-0.3, -0.25) is 4.79 Å². The number of hydrogen-bond acceptors (Lipinski definition) is 5. The monoisotopic (exact) mass is 505 g/mol. The molecule has 0 aliphatic heterocycles. The minimum atomic E-state index is -0.600. The predicted molar refractivity (Wildman–Crippen MR) is 115 cm³/mol. The summed E-state index contributed by atoms with van der Waals surface area (Å²) in [5, 5.41) is 7.99. The molecule has 0 aliphatic carbocycles. The van der Waals surface area contributed by atoms with Crippen LogP contribution in [0.15, 0.2) is 83.0 Å². The summed E-state index contributed by atoms with van der Waals surface area (Å²) in [5.74, 6) is -1.02. The molecule has 3 aromatic carbocycles. The Hall–Kier alpha value is -2.78. The van der Waals surface area contributed by atoms with E-state index in [-0.39, 0.29) is 5.56 Å². The number of carbonyl (C=O) groups excluding carboxylic acids is 2. The highest BCUT2D eigenvalue weighted by molar-refractivity contribution is 14.1. The minimum Gasteiger partial charge on any atom is -0.338 e. The van der Waals surface area contributed by atoms with Gasteiger partial charge in [-0.1, -0.05) is 35.9 Å². The van der Waals surface area contributed by atoms with Gasteiger partial charge in [0, 0.05) is 3.57 Å². The molecule has 0 saturated heterocycles. The standard InChI is InChI=1S/C20H13ClIN3O3/c21-17-7-3-1-5-15(17)20(27)28-25-14-11-9-13(10-12-14)23-24-19(26)16-6-2-4-8-18(16)22/h1-12,25H. The van der Waals surface area contributed by atoms with Crippen LogP contribution >= 0.6 is 34.2 Å². The maximum absolute atomic E-state index is 12.1. The predicted octanol–water partition coefficient (Wildman–Crippen LogP) is 6.05. The number of nitrogens with one attached hydrogen (secondary N) is 1. The molecule has 0 aromatic heterocycles. The zero-order valence-electron chi connectivity index (χ0n) is 14.3. The number of halogens is 2. The first-order valence-electron chi connectivity index (χ1n) is 8.07. The van der Waals surface area contributed by atoms with Gasteiger partial charge < -0.3 is 4.84 Å². The molecule has 0 spiro atoms. The van der Waals surface area contributed by atoms with Crippen LogP contribution in [0.3, 0.4) is 0 Å². The Bertz CT molecular complexity index is 1040. The maximum atomic E-state index is 12.1. The number of nitrogens with zero attached hydrogens (tertiary/aromatic N) is 2. The Morgan fingerprint density at radius 1 is 0.893 bits per heavy atom. The van der Waals surface area contributed by atoms with E-state index in [4.69, 9.17) is 16.4 Å². The van der Waals surface area contributed by atoms with Crippen LogP contribution in [0.1, 0.15) is 20.7 Å². The van der Waals surface area contributed by atoms with Crippen LogP contribution < -0.4 is 5.48 Å². The van der Waals surface area contributed by atoms with E-state index in [9.17, 15) is 9.59 Å². The lowest BCUT2D eigenvalue weighted by atomic mass is 10.2. The van der Waals surface area contributed by atoms with E-state index < -0.39 is 11.9 Å². The van der Waals surface area contributed by atoms with E-state index >= 15 is 0 Å². The van der Waals surface area contributed by atoms with Crippen molar-refractivity contribution in [3.63, 3.8) is 0 Å². The van der Waals surface area contributed by atoms with E-state index in [2.05, 4.69) is 38.3 Å². The van der Waals surface area contributed by atoms with Gasteiger partial charge in [0.2, 0.25) is 0 Å². The first-order valence-corrected chi connectivity index (χ1v) is 9.52. The van der Waals surface area contributed by atoms with Crippen molar-refractivity contribution >= 4 is 57.4 Å². The summed E-state index contributed by atoms with van der Waals surface area (Å²) in [7, 11) is 0. The zero-order valence-corrected chi connectivity index (χ0v) is 17.2. The summed E-state index contributed by atoms with van der Waals surface area (Å²) in [5.41, 5.74) is 4.32. The molecule has 1 N–H and O–H groups in total. The summed E-state index contributed by atoms with van der Waals surface area (Å²) >= 11 is 8.03. The molecule has 0 bridgehead atoms. The largest absolute Gasteiger partial charge is 0.364 e. The molecular formula is C20H13ClIN3O3. The van der Waals surface area contributed by atoms with Gasteiger partial charge in [0.15, 0.2) is 0 Å². The fraction of sp³-hybridized carbons (Fsp3) is 0. The van der Waals surface area contributed by atoms with E-state index in [1.165, 1.54) is 0 Å². The van der Waals surface area contributed by atoms with Crippen LogP contribution in [0.25, 0.3) is 0 Å². The van der Waals surface area contributed by atoms with E-state index in [0.29, 0.717) is 22.0 Å². The molecular weight excluding hydrogens is 493 g/mol. The van der Waals surface area contributed by atoms with E-state index in [1.54, 1.807) is 60.7 Å². The van der Waals surface area contributed by atoms with Crippen LogP contribution in [0.2, 0.25) is 5.02 Å². The van der Waals surface area contributed by atoms with Crippen molar-refractivity contribution in [2.75, 3.05) is 5.48 Å². The third kappa shape index (κ3) is 5.14. The summed E-state index contributed by atoms with van der Waals surface area (Å²) in [6, 6.07) is 20.3. The smallest absolute Gasteiger partial charge is 0.338 e. The van der Waals surface area contributed by atoms with Gasteiger partial charge in [0.1, 0.15) is 0 Å². The first kappa shape index (κ1) is 20.0. The van der Waals surface area contributed by atoms with Crippen molar-refractivity contribution in [2.24, 2.45) is 10.2 Å². The number of azo groups is 1. The molecule has 140 valence electrons. The number of rotatable bonds is 5. The number of hydrogen-bond donors (Lipinski definition) is 1. The van der Waals surface area contributed by atoms with Gasteiger partial charge in [-0.25, -0.2) is 10.3 Å². The SMILES string of the molecule is O=C(ONc1ccc(N=NC(=O)c2ccccc2I)cc1)c1ccccc1Cl. The fourth-order valence-corrected chi connectivity index (χ4v) is 3.01. The molecule has 0 aliphatic rings. The van der Waals surface area contributed by atoms with Crippen molar-refractivity contribution in [3.8, 4) is 0 Å². The van der Waals surface area contributed by atoms with Gasteiger partial charge in [0.25, 0.3) is 5.91 Å². The molecule has 0 saturated carbocycles. The van der Waals surface area contributed by atoms with Crippen molar-refractivity contribution < 1.29 is 14.4 Å². The summed E-state index contributed by atoms with van der Waals surface area (Å²) in [4.78, 5) is 29.1. The fourth-order valence-electron chi connectivity index (χ4n) is 2.17. The van der Waals surface area contributed by atoms with Gasteiger partial charge in [-0.05, 0) is 71.1 Å². The average molecular weight is 506 g/mol. The Kier molecular flexibility index (Phi) is 6.72. The third-order valence-corrected chi connectivity index (χ3v) is 4.85. The Morgan fingerprint density at radius 3 is 2.21 bits per heavy atom. The third-order valence-electron chi connectivity index (χ3n) is 3.58. The Balaban J connectivity index is 1.59. The number of carbonyl (C=O) groups is 2. The molecule has 0 heterocycles. The molecule has 0 unspecified atom stereocenters. The normalized spacial score (nSPS) is 10.6. The summed E-state index contributed by atoms with van der Waals surface area (Å²) in [6.07, 6.45) is 0. The Morgan fingerprint density at radius 2 is 1.54 bits per heavy atom. The van der Waals surface area contributed by atoms with E-state index in [1.807, 2.05) is 12.1 Å². The van der Waals surface area contributed by atoms with Crippen molar-refractivity contribution in [3.05, 3.63) is 92.5 Å². The second-order valence-corrected chi connectivity index (χ2v) is 7.07. The van der Waals surface area contributed by atoms with Crippen molar-refractivity contribution in [1.82, 2.24) is 0 Å². The highest BCUT2D eigenvalue weighted by Crippen LogP contribution is 2.20. The van der Waals surface area contributed by atoms with Crippen molar-refractivity contribution in [1.29, 1.82) is 0 Å². The van der Waals surface area contributed by atoms with Crippen molar-refractivity contribution in [2.45, 2.75) is 0 Å². The molecule has 0 atom stereocenters. The first-order chi connectivity index (χ1) is 13.5. The molecule has 6 nitrogen and oxygen atoms in total. The van der Waals surface area contributed by atoms with Gasteiger partial charge in [-0.15, -0.1) is 10.2 Å². The molecule has 1 amide bonds. The molecule has 28 heavy (non-hydrogen) atoms. The van der Waals surface area contributed by atoms with E-state index in [0.717, 1.165) is 3.57 Å². The number of amides is 1. The summed E-state index contributed by atoms with van der Waals surface area (Å²) in [6.45, 7) is 0. The van der Waals surface area contributed by atoms with Crippen LogP contribution in [0.4, 0.5) is 11.4 Å².